The minimum absolute atomic E-state index is 0.00513. The van der Waals surface area contributed by atoms with Crippen molar-refractivity contribution in [3.63, 3.8) is 0 Å². The van der Waals surface area contributed by atoms with E-state index in [0.717, 1.165) is 12.8 Å². The summed E-state index contributed by atoms with van der Waals surface area (Å²) in [6.07, 6.45) is -2.70. The van der Waals surface area contributed by atoms with Crippen LogP contribution >= 0.6 is 0 Å². The minimum Gasteiger partial charge on any atom is -0.493 e. The van der Waals surface area contributed by atoms with E-state index in [4.69, 9.17) is 14.9 Å². The predicted octanol–water partition coefficient (Wildman–Crippen LogP) is 3.08. The molecule has 1 aromatic carbocycles. The second-order valence-electron chi connectivity index (χ2n) is 7.22. The standard InChI is InChI=1S/C20H23F3N2O5/c1-3-28-19(27)16(17(24)20(21,22)23)25-18(26)15-10(2)30-14-7-6-12(8-13(14)15)29-9-11-4-5-11/h6-8,11,16-17H,3-5,9,24H2,1-2H3,(H,25,26). The number of fused-ring (bicyclic) bond motifs is 1. The maximum absolute atomic E-state index is 13.1. The largest absolute Gasteiger partial charge is 0.493 e. The summed E-state index contributed by atoms with van der Waals surface area (Å²) in [5.41, 5.74) is 5.56. The summed E-state index contributed by atoms with van der Waals surface area (Å²) < 4.78 is 55.2. The van der Waals surface area contributed by atoms with Gasteiger partial charge in [-0.15, -0.1) is 0 Å². The van der Waals surface area contributed by atoms with E-state index >= 15 is 0 Å². The van der Waals surface area contributed by atoms with Gasteiger partial charge < -0.3 is 24.9 Å². The third-order valence-electron chi connectivity index (χ3n) is 4.81. The van der Waals surface area contributed by atoms with Gasteiger partial charge in [-0.2, -0.15) is 13.2 Å². The smallest absolute Gasteiger partial charge is 0.406 e. The first kappa shape index (κ1) is 21.9. The van der Waals surface area contributed by atoms with Crippen molar-refractivity contribution in [2.75, 3.05) is 13.2 Å². The molecule has 1 amide bonds. The van der Waals surface area contributed by atoms with E-state index in [2.05, 4.69) is 10.1 Å². The van der Waals surface area contributed by atoms with Gasteiger partial charge in [-0.05, 0) is 50.8 Å². The number of benzene rings is 1. The summed E-state index contributed by atoms with van der Waals surface area (Å²) in [6, 6.07) is 0.168. The molecule has 2 aromatic rings. The van der Waals surface area contributed by atoms with E-state index in [1.54, 1.807) is 18.2 Å². The number of hydrogen-bond acceptors (Lipinski definition) is 6. The fraction of sp³-hybridized carbons (Fsp3) is 0.500. The number of ether oxygens (including phenoxy) is 2. The molecule has 164 valence electrons. The fourth-order valence-electron chi connectivity index (χ4n) is 3.00. The average molecular weight is 428 g/mol. The molecule has 0 aliphatic heterocycles. The minimum atomic E-state index is -4.91. The van der Waals surface area contributed by atoms with Crippen molar-refractivity contribution < 1.29 is 36.7 Å². The highest BCUT2D eigenvalue weighted by molar-refractivity contribution is 6.08. The first-order valence-electron chi connectivity index (χ1n) is 9.57. The molecule has 2 unspecified atom stereocenters. The molecule has 0 bridgehead atoms. The molecule has 1 aromatic heterocycles. The lowest BCUT2D eigenvalue weighted by atomic mass is 10.1. The molecule has 30 heavy (non-hydrogen) atoms. The van der Waals surface area contributed by atoms with Crippen molar-refractivity contribution in [3.05, 3.63) is 29.5 Å². The van der Waals surface area contributed by atoms with E-state index in [-0.39, 0.29) is 17.9 Å². The molecule has 7 nitrogen and oxygen atoms in total. The monoisotopic (exact) mass is 428 g/mol. The summed E-state index contributed by atoms with van der Waals surface area (Å²) in [4.78, 5) is 24.9. The highest BCUT2D eigenvalue weighted by Gasteiger charge is 2.46. The van der Waals surface area contributed by atoms with Crippen LogP contribution in [0.25, 0.3) is 11.0 Å². The Labute approximate surface area is 170 Å². The van der Waals surface area contributed by atoms with E-state index in [0.29, 0.717) is 29.2 Å². The summed E-state index contributed by atoms with van der Waals surface area (Å²) in [7, 11) is 0. The zero-order chi connectivity index (χ0) is 22.1. The van der Waals surface area contributed by atoms with Crippen LogP contribution in [0.3, 0.4) is 0 Å². The molecule has 1 heterocycles. The third kappa shape index (κ3) is 4.86. The second-order valence-corrected chi connectivity index (χ2v) is 7.22. The first-order chi connectivity index (χ1) is 14.1. The number of halogens is 3. The molecule has 0 spiro atoms. The molecule has 1 aliphatic carbocycles. The van der Waals surface area contributed by atoms with Gasteiger partial charge in [0.15, 0.2) is 6.04 Å². The molecule has 2 atom stereocenters. The average Bonchev–Trinajstić information content (AvgIpc) is 3.44. The van der Waals surface area contributed by atoms with Crippen LogP contribution in [0.4, 0.5) is 13.2 Å². The van der Waals surface area contributed by atoms with Crippen molar-refractivity contribution in [3.8, 4) is 5.75 Å². The quantitative estimate of drug-likeness (QED) is 0.627. The Kier molecular flexibility index (Phi) is 6.25. The van der Waals surface area contributed by atoms with Crippen LogP contribution in [-0.4, -0.2) is 43.4 Å². The molecule has 1 saturated carbocycles. The summed E-state index contributed by atoms with van der Waals surface area (Å²) in [5, 5.41) is 2.43. The van der Waals surface area contributed by atoms with Gasteiger partial charge in [0, 0.05) is 5.39 Å². The highest BCUT2D eigenvalue weighted by Crippen LogP contribution is 2.32. The van der Waals surface area contributed by atoms with E-state index in [1.165, 1.54) is 13.8 Å². The number of alkyl halides is 3. The van der Waals surface area contributed by atoms with Crippen molar-refractivity contribution in [2.45, 2.75) is 44.9 Å². The van der Waals surface area contributed by atoms with Gasteiger partial charge >= 0.3 is 12.1 Å². The van der Waals surface area contributed by atoms with Gasteiger partial charge in [0.05, 0.1) is 18.8 Å². The van der Waals surface area contributed by atoms with Gasteiger partial charge in [0.2, 0.25) is 0 Å². The number of carbonyl (C=O) groups is 2. The van der Waals surface area contributed by atoms with Crippen LogP contribution in [0.5, 0.6) is 5.75 Å². The van der Waals surface area contributed by atoms with Gasteiger partial charge in [-0.3, -0.25) is 4.79 Å². The van der Waals surface area contributed by atoms with Crippen LogP contribution in [0.15, 0.2) is 22.6 Å². The Hall–Kier alpha value is -2.75. The SMILES string of the molecule is CCOC(=O)C(NC(=O)c1c(C)oc2ccc(OCC3CC3)cc12)C(N)C(F)(F)F. The van der Waals surface area contributed by atoms with Crippen LogP contribution < -0.4 is 15.8 Å². The highest BCUT2D eigenvalue weighted by atomic mass is 19.4. The normalized spacial score (nSPS) is 16.2. The molecule has 0 radical (unpaired) electrons. The Morgan fingerprint density at radius 3 is 2.63 bits per heavy atom. The van der Waals surface area contributed by atoms with Gasteiger partial charge in [-0.25, -0.2) is 4.79 Å². The number of nitrogens with one attached hydrogen (secondary N) is 1. The van der Waals surface area contributed by atoms with Crippen LogP contribution in [0.2, 0.25) is 0 Å². The number of esters is 1. The molecule has 0 saturated heterocycles. The van der Waals surface area contributed by atoms with E-state index in [1.807, 2.05) is 0 Å². The van der Waals surface area contributed by atoms with E-state index in [9.17, 15) is 22.8 Å². The Morgan fingerprint density at radius 2 is 2.03 bits per heavy atom. The number of carbonyl (C=O) groups excluding carboxylic acids is 2. The zero-order valence-corrected chi connectivity index (χ0v) is 16.5. The van der Waals surface area contributed by atoms with Crippen LogP contribution in [0.1, 0.15) is 35.9 Å². The molecule has 3 rings (SSSR count). The summed E-state index contributed by atoms with van der Waals surface area (Å²) in [5.74, 6) is -0.982. The molecular formula is C20H23F3N2O5. The van der Waals surface area contributed by atoms with Crippen molar-refractivity contribution in [1.82, 2.24) is 5.32 Å². The second kappa shape index (κ2) is 8.55. The molecule has 3 N–H and O–H groups in total. The molecule has 1 aliphatic rings. The van der Waals surface area contributed by atoms with Crippen molar-refractivity contribution in [1.29, 1.82) is 0 Å². The topological polar surface area (TPSA) is 104 Å². The number of furan rings is 1. The Balaban J connectivity index is 1.88. The fourth-order valence-corrected chi connectivity index (χ4v) is 3.00. The Morgan fingerprint density at radius 1 is 1.33 bits per heavy atom. The van der Waals surface area contributed by atoms with Gasteiger partial charge in [-0.1, -0.05) is 0 Å². The number of nitrogens with two attached hydrogens (primary N) is 1. The first-order valence-corrected chi connectivity index (χ1v) is 9.57. The lowest BCUT2D eigenvalue weighted by molar-refractivity contribution is -0.169. The van der Waals surface area contributed by atoms with Gasteiger partial charge in [0.1, 0.15) is 23.1 Å². The van der Waals surface area contributed by atoms with E-state index < -0.39 is 30.1 Å². The lowest BCUT2D eigenvalue weighted by Crippen LogP contribution is -2.59. The lowest BCUT2D eigenvalue weighted by Gasteiger charge is -2.25. The summed E-state index contributed by atoms with van der Waals surface area (Å²) >= 11 is 0. The van der Waals surface area contributed by atoms with Crippen LogP contribution in [-0.2, 0) is 9.53 Å². The molecule has 10 heteroatoms. The zero-order valence-electron chi connectivity index (χ0n) is 16.5. The Bertz CT molecular complexity index is 936. The number of hydrogen-bond donors (Lipinski definition) is 2. The summed E-state index contributed by atoms with van der Waals surface area (Å²) in [6.45, 7) is 3.33. The maximum atomic E-state index is 13.1. The van der Waals surface area contributed by atoms with Crippen molar-refractivity contribution >= 4 is 22.8 Å². The predicted molar refractivity (Wildman–Crippen MR) is 101 cm³/mol. The maximum Gasteiger partial charge on any atom is 0.406 e. The number of amides is 1. The van der Waals surface area contributed by atoms with Crippen LogP contribution in [0, 0.1) is 12.8 Å². The van der Waals surface area contributed by atoms with Crippen molar-refractivity contribution in [2.24, 2.45) is 11.7 Å². The number of rotatable bonds is 8. The number of aryl methyl sites for hydroxylation is 1. The molecule has 1 fully saturated rings. The molecular weight excluding hydrogens is 405 g/mol. The third-order valence-corrected chi connectivity index (χ3v) is 4.81. The van der Waals surface area contributed by atoms with Gasteiger partial charge in [0.25, 0.3) is 5.91 Å².